The van der Waals surface area contributed by atoms with E-state index < -0.39 is 0 Å². The van der Waals surface area contributed by atoms with Gasteiger partial charge in [0.1, 0.15) is 18.4 Å². The number of para-hydroxylation sites is 1. The van der Waals surface area contributed by atoms with Gasteiger partial charge in [0.05, 0.1) is 5.52 Å². The number of hydrogen-bond acceptors (Lipinski definition) is 3. The van der Waals surface area contributed by atoms with Crippen molar-refractivity contribution >= 4 is 22.3 Å². The molecule has 1 N–H and O–H groups in total. The van der Waals surface area contributed by atoms with Crippen molar-refractivity contribution in [2.75, 3.05) is 6.54 Å². The van der Waals surface area contributed by atoms with Crippen LogP contribution < -0.4 is 10.9 Å². The Balaban J connectivity index is 1.40. The summed E-state index contributed by atoms with van der Waals surface area (Å²) in [4.78, 5) is 24.8. The quantitative estimate of drug-likeness (QED) is 0.537. The van der Waals surface area contributed by atoms with Gasteiger partial charge in [-0.2, -0.15) is 5.10 Å². The maximum absolute atomic E-state index is 12.6. The minimum absolute atomic E-state index is 0.0812. The zero-order valence-corrected chi connectivity index (χ0v) is 14.8. The summed E-state index contributed by atoms with van der Waals surface area (Å²) in [5.41, 5.74) is 2.42. The molecule has 1 amide bonds. The molecule has 0 fully saturated rings. The van der Waals surface area contributed by atoms with Gasteiger partial charge >= 0.3 is 0 Å². The maximum atomic E-state index is 12.6. The molecule has 0 spiro atoms. The molecule has 4 rings (SSSR count). The molecule has 2 aromatic carbocycles. The normalized spacial score (nSPS) is 11.1. The van der Waals surface area contributed by atoms with Crippen molar-refractivity contribution in [3.05, 3.63) is 82.9 Å². The number of hydrogen-bond donors (Lipinski definition) is 1. The van der Waals surface area contributed by atoms with Crippen LogP contribution in [-0.4, -0.2) is 26.6 Å². The molecule has 2 aromatic heterocycles. The van der Waals surface area contributed by atoms with Gasteiger partial charge in [-0.15, -0.1) is 0 Å². The monoisotopic (exact) mass is 360 g/mol. The molecule has 136 valence electrons. The van der Waals surface area contributed by atoms with Crippen molar-refractivity contribution in [3.63, 3.8) is 0 Å². The molecule has 0 radical (unpaired) electrons. The Morgan fingerprint density at radius 2 is 1.78 bits per heavy atom. The highest BCUT2D eigenvalue weighted by molar-refractivity contribution is 5.86. The van der Waals surface area contributed by atoms with Gasteiger partial charge in [-0.1, -0.05) is 48.5 Å². The Hall–Kier alpha value is -3.41. The van der Waals surface area contributed by atoms with Crippen molar-refractivity contribution < 1.29 is 4.79 Å². The zero-order valence-electron chi connectivity index (χ0n) is 14.8. The van der Waals surface area contributed by atoms with E-state index in [9.17, 15) is 9.59 Å². The highest BCUT2D eigenvalue weighted by Crippen LogP contribution is 2.16. The first-order valence-electron chi connectivity index (χ1n) is 8.99. The summed E-state index contributed by atoms with van der Waals surface area (Å²) in [5, 5.41) is 7.98. The van der Waals surface area contributed by atoms with Crippen LogP contribution in [0.1, 0.15) is 12.0 Å². The Labute approximate surface area is 156 Å². The van der Waals surface area contributed by atoms with Gasteiger partial charge in [-0.3, -0.25) is 14.0 Å². The second kappa shape index (κ2) is 7.45. The molecule has 0 aliphatic carbocycles. The lowest BCUT2D eigenvalue weighted by Crippen LogP contribution is -2.34. The molecule has 0 bridgehead atoms. The van der Waals surface area contributed by atoms with Crippen molar-refractivity contribution in [2.45, 2.75) is 19.4 Å². The summed E-state index contributed by atoms with van der Waals surface area (Å²) in [6, 6.07) is 19.7. The summed E-state index contributed by atoms with van der Waals surface area (Å²) in [6.45, 7) is 0.488. The van der Waals surface area contributed by atoms with Crippen LogP contribution in [0.25, 0.3) is 16.4 Å². The van der Waals surface area contributed by atoms with E-state index in [0.29, 0.717) is 12.1 Å². The molecule has 27 heavy (non-hydrogen) atoms. The fraction of sp³-hybridized carbons (Fsp3) is 0.190. The van der Waals surface area contributed by atoms with Crippen LogP contribution in [0.2, 0.25) is 0 Å². The lowest BCUT2D eigenvalue weighted by atomic mass is 10.1. The van der Waals surface area contributed by atoms with Crippen molar-refractivity contribution in [1.82, 2.24) is 19.5 Å². The van der Waals surface area contributed by atoms with Crippen molar-refractivity contribution in [1.29, 1.82) is 0 Å². The van der Waals surface area contributed by atoms with Crippen LogP contribution in [-0.2, 0) is 17.8 Å². The summed E-state index contributed by atoms with van der Waals surface area (Å²) >= 11 is 0. The highest BCUT2D eigenvalue weighted by atomic mass is 16.2. The van der Waals surface area contributed by atoms with E-state index in [-0.39, 0.29) is 18.0 Å². The number of nitrogens with one attached hydrogen (secondary N) is 1. The first kappa shape index (κ1) is 17.0. The summed E-state index contributed by atoms with van der Waals surface area (Å²) < 4.78 is 2.96. The fourth-order valence-corrected chi connectivity index (χ4v) is 3.23. The molecule has 0 saturated carbocycles. The summed E-state index contributed by atoms with van der Waals surface area (Å²) in [6.07, 6.45) is 3.34. The number of carbonyl (C=O) groups is 1. The smallest absolute Gasteiger partial charge is 0.291 e. The second-order valence-corrected chi connectivity index (χ2v) is 6.49. The Kier molecular flexibility index (Phi) is 4.70. The van der Waals surface area contributed by atoms with Gasteiger partial charge in [0.25, 0.3) is 5.56 Å². The van der Waals surface area contributed by atoms with Gasteiger partial charge < -0.3 is 5.32 Å². The Bertz CT molecular complexity index is 1150. The summed E-state index contributed by atoms with van der Waals surface area (Å²) in [7, 11) is 0. The largest absolute Gasteiger partial charge is 0.354 e. The average Bonchev–Trinajstić information content (AvgIpc) is 3.08. The van der Waals surface area contributed by atoms with Gasteiger partial charge in [0.15, 0.2) is 0 Å². The lowest BCUT2D eigenvalue weighted by molar-refractivity contribution is -0.121. The molecule has 6 heteroatoms. The number of amides is 1. The van der Waals surface area contributed by atoms with Gasteiger partial charge in [-0.25, -0.2) is 4.68 Å². The first-order chi connectivity index (χ1) is 13.2. The van der Waals surface area contributed by atoms with Crippen LogP contribution >= 0.6 is 0 Å². The van der Waals surface area contributed by atoms with Crippen molar-refractivity contribution in [3.8, 4) is 0 Å². The predicted molar refractivity (Wildman–Crippen MR) is 105 cm³/mol. The highest BCUT2D eigenvalue weighted by Gasteiger charge is 2.11. The number of benzene rings is 2. The predicted octanol–water partition coefficient (Wildman–Crippen LogP) is 2.40. The van der Waals surface area contributed by atoms with E-state index in [1.165, 1.54) is 10.2 Å². The molecule has 6 nitrogen and oxygen atoms in total. The van der Waals surface area contributed by atoms with Crippen LogP contribution in [0.5, 0.6) is 0 Å². The third kappa shape index (κ3) is 3.60. The standard InChI is InChI=1S/C21H20N4O2/c26-20(22-12-6-9-16-7-2-1-3-8-16)14-25-21(27)19-13-17-10-4-5-11-18(17)24(19)15-23-25/h1-5,7-8,10-11,13,15H,6,9,12,14H2,(H,22,26). The topological polar surface area (TPSA) is 68.4 Å². The van der Waals surface area contributed by atoms with Crippen LogP contribution in [0.15, 0.2) is 71.8 Å². The molecule has 0 aliphatic rings. The van der Waals surface area contributed by atoms with Gasteiger partial charge in [0, 0.05) is 11.9 Å². The zero-order chi connectivity index (χ0) is 18.6. The second-order valence-electron chi connectivity index (χ2n) is 6.49. The first-order valence-corrected chi connectivity index (χ1v) is 8.99. The third-order valence-corrected chi connectivity index (χ3v) is 4.61. The van der Waals surface area contributed by atoms with E-state index in [1.54, 1.807) is 10.7 Å². The van der Waals surface area contributed by atoms with Gasteiger partial charge in [0.2, 0.25) is 5.91 Å². The molecule has 0 saturated heterocycles. The SMILES string of the molecule is O=C(Cn1ncn2c(cc3ccccc32)c1=O)NCCCc1ccccc1. The van der Waals surface area contributed by atoms with Gasteiger partial charge in [-0.05, 0) is 30.5 Å². The third-order valence-electron chi connectivity index (χ3n) is 4.61. The van der Waals surface area contributed by atoms with E-state index >= 15 is 0 Å². The Morgan fingerprint density at radius 1 is 1.00 bits per heavy atom. The number of aryl methyl sites for hydroxylation is 1. The minimum Gasteiger partial charge on any atom is -0.354 e. The minimum atomic E-state index is -0.270. The van der Waals surface area contributed by atoms with E-state index in [4.69, 9.17) is 0 Å². The maximum Gasteiger partial charge on any atom is 0.291 e. The van der Waals surface area contributed by atoms with Crippen molar-refractivity contribution in [2.24, 2.45) is 0 Å². The number of carbonyl (C=O) groups excluding carboxylic acids is 1. The van der Waals surface area contributed by atoms with Crippen LogP contribution in [0, 0.1) is 0 Å². The number of nitrogens with zero attached hydrogens (tertiary/aromatic N) is 3. The molecule has 0 unspecified atom stereocenters. The average molecular weight is 360 g/mol. The summed E-state index contributed by atoms with van der Waals surface area (Å²) in [5.74, 6) is -0.210. The molecule has 0 aliphatic heterocycles. The van der Waals surface area contributed by atoms with E-state index in [2.05, 4.69) is 22.5 Å². The molecular formula is C21H20N4O2. The molecular weight excluding hydrogens is 340 g/mol. The molecule has 4 aromatic rings. The van der Waals surface area contributed by atoms with E-state index in [1.807, 2.05) is 48.5 Å². The fourth-order valence-electron chi connectivity index (χ4n) is 3.23. The van der Waals surface area contributed by atoms with Crippen LogP contribution in [0.4, 0.5) is 0 Å². The lowest BCUT2D eigenvalue weighted by Gasteiger charge is -2.07. The number of aromatic nitrogens is 3. The molecule has 0 atom stereocenters. The molecule has 2 heterocycles. The number of rotatable bonds is 6. The number of fused-ring (bicyclic) bond motifs is 3. The van der Waals surface area contributed by atoms with E-state index in [0.717, 1.165) is 23.7 Å². The Morgan fingerprint density at radius 3 is 2.63 bits per heavy atom. The van der Waals surface area contributed by atoms with Crippen LogP contribution in [0.3, 0.4) is 0 Å².